The summed E-state index contributed by atoms with van der Waals surface area (Å²) in [4.78, 5) is 16.7. The Hall–Kier alpha value is -1.92. The van der Waals surface area contributed by atoms with Gasteiger partial charge >= 0.3 is 0 Å². The number of ether oxygens (including phenoxy) is 1. The van der Waals surface area contributed by atoms with E-state index in [0.29, 0.717) is 24.8 Å². The average Bonchev–Trinajstić information content (AvgIpc) is 3.12. The molecule has 2 heterocycles. The van der Waals surface area contributed by atoms with Crippen molar-refractivity contribution >= 4 is 17.2 Å². The highest BCUT2D eigenvalue weighted by Crippen LogP contribution is 2.25. The molecule has 1 atom stereocenters. The summed E-state index contributed by atoms with van der Waals surface area (Å²) >= 11 is 1.49. The summed E-state index contributed by atoms with van der Waals surface area (Å²) in [6.07, 6.45) is 2.35. The van der Waals surface area contributed by atoms with E-state index in [9.17, 15) is 4.79 Å². The van der Waals surface area contributed by atoms with Gasteiger partial charge in [0.05, 0.1) is 6.61 Å². The van der Waals surface area contributed by atoms with Gasteiger partial charge in [-0.05, 0) is 63.0 Å². The second-order valence-corrected chi connectivity index (χ2v) is 6.78. The summed E-state index contributed by atoms with van der Waals surface area (Å²) in [7, 11) is 0. The molecule has 1 aliphatic heterocycles. The van der Waals surface area contributed by atoms with Crippen LogP contribution in [0.1, 0.15) is 30.3 Å². The van der Waals surface area contributed by atoms with E-state index in [0.717, 1.165) is 29.4 Å². The van der Waals surface area contributed by atoms with Crippen molar-refractivity contribution in [3.8, 4) is 16.3 Å². The number of nitrogens with one attached hydrogen (secondary N) is 2. The minimum Gasteiger partial charge on any atom is -0.494 e. The number of benzene rings is 1. The number of aromatic nitrogens is 1. The quantitative estimate of drug-likeness (QED) is 0.845. The number of hydrogen-bond acceptors (Lipinski definition) is 5. The molecule has 1 aromatic carbocycles. The SMILES string of the molecule is CCOc1ccc(-c2nc(C(=O)NCC3CCCNC3)cs2)cc1. The Kier molecular flexibility index (Phi) is 5.82. The molecule has 1 aromatic heterocycles. The van der Waals surface area contributed by atoms with Gasteiger partial charge in [0.25, 0.3) is 5.91 Å². The smallest absolute Gasteiger partial charge is 0.270 e. The lowest BCUT2D eigenvalue weighted by atomic mass is 10.00. The Morgan fingerprint density at radius 3 is 2.96 bits per heavy atom. The van der Waals surface area contributed by atoms with Gasteiger partial charge in [-0.15, -0.1) is 11.3 Å². The van der Waals surface area contributed by atoms with E-state index in [2.05, 4.69) is 15.6 Å². The molecule has 2 N–H and O–H groups in total. The molecule has 0 bridgehead atoms. The van der Waals surface area contributed by atoms with Gasteiger partial charge in [0.1, 0.15) is 16.5 Å². The Morgan fingerprint density at radius 1 is 1.42 bits per heavy atom. The minimum atomic E-state index is -0.0889. The van der Waals surface area contributed by atoms with Gasteiger partial charge in [0.2, 0.25) is 0 Å². The van der Waals surface area contributed by atoms with Crippen LogP contribution < -0.4 is 15.4 Å². The van der Waals surface area contributed by atoms with Gasteiger partial charge in [-0.25, -0.2) is 4.98 Å². The number of amides is 1. The summed E-state index contributed by atoms with van der Waals surface area (Å²) in [5.74, 6) is 1.28. The van der Waals surface area contributed by atoms with E-state index in [1.165, 1.54) is 24.2 Å². The van der Waals surface area contributed by atoms with Crippen molar-refractivity contribution in [2.75, 3.05) is 26.2 Å². The third kappa shape index (κ3) is 4.33. The maximum absolute atomic E-state index is 12.3. The normalized spacial score (nSPS) is 17.5. The predicted octanol–water partition coefficient (Wildman–Crippen LogP) is 2.94. The molecule has 24 heavy (non-hydrogen) atoms. The van der Waals surface area contributed by atoms with Crippen LogP contribution in [-0.2, 0) is 0 Å². The summed E-state index contributed by atoms with van der Waals surface area (Å²) in [6, 6.07) is 7.80. The van der Waals surface area contributed by atoms with E-state index in [1.54, 1.807) is 0 Å². The summed E-state index contributed by atoms with van der Waals surface area (Å²) in [5, 5.41) is 9.04. The summed E-state index contributed by atoms with van der Waals surface area (Å²) in [5.41, 5.74) is 1.49. The molecule has 0 saturated carbocycles. The van der Waals surface area contributed by atoms with Crippen LogP contribution in [-0.4, -0.2) is 37.1 Å². The molecule has 1 fully saturated rings. The molecule has 1 amide bonds. The molecule has 3 rings (SSSR count). The third-order valence-electron chi connectivity index (χ3n) is 4.10. The van der Waals surface area contributed by atoms with Gasteiger partial charge < -0.3 is 15.4 Å². The van der Waals surface area contributed by atoms with Crippen molar-refractivity contribution in [2.24, 2.45) is 5.92 Å². The zero-order valence-corrected chi connectivity index (χ0v) is 14.7. The molecular weight excluding hydrogens is 322 g/mol. The average molecular weight is 345 g/mol. The van der Waals surface area contributed by atoms with Crippen molar-refractivity contribution < 1.29 is 9.53 Å². The van der Waals surface area contributed by atoms with Gasteiger partial charge in [0.15, 0.2) is 0 Å². The fraction of sp³-hybridized carbons (Fsp3) is 0.444. The molecule has 2 aromatic rings. The van der Waals surface area contributed by atoms with Crippen molar-refractivity contribution in [3.63, 3.8) is 0 Å². The van der Waals surface area contributed by atoms with Crippen LogP contribution in [0.15, 0.2) is 29.6 Å². The topological polar surface area (TPSA) is 63.2 Å². The number of carbonyl (C=O) groups is 1. The molecule has 0 radical (unpaired) electrons. The number of thiazole rings is 1. The monoisotopic (exact) mass is 345 g/mol. The van der Waals surface area contributed by atoms with Crippen molar-refractivity contribution in [2.45, 2.75) is 19.8 Å². The zero-order chi connectivity index (χ0) is 16.8. The first-order valence-corrected chi connectivity index (χ1v) is 9.32. The lowest BCUT2D eigenvalue weighted by molar-refractivity contribution is 0.0940. The van der Waals surface area contributed by atoms with Crippen molar-refractivity contribution in [3.05, 3.63) is 35.3 Å². The highest BCUT2D eigenvalue weighted by Gasteiger charge is 2.16. The molecule has 1 saturated heterocycles. The Morgan fingerprint density at radius 2 is 2.25 bits per heavy atom. The summed E-state index contributed by atoms with van der Waals surface area (Å²) in [6.45, 7) is 5.39. The van der Waals surface area contributed by atoms with E-state index in [1.807, 2.05) is 36.6 Å². The number of carbonyl (C=O) groups excluding carboxylic acids is 1. The van der Waals surface area contributed by atoms with Crippen LogP contribution in [0.3, 0.4) is 0 Å². The zero-order valence-electron chi connectivity index (χ0n) is 13.9. The lowest BCUT2D eigenvalue weighted by Gasteiger charge is -2.22. The van der Waals surface area contributed by atoms with Gasteiger partial charge in [-0.3, -0.25) is 4.79 Å². The van der Waals surface area contributed by atoms with E-state index in [-0.39, 0.29) is 5.91 Å². The Labute approximate surface area is 146 Å². The summed E-state index contributed by atoms with van der Waals surface area (Å²) < 4.78 is 5.44. The van der Waals surface area contributed by atoms with E-state index >= 15 is 0 Å². The highest BCUT2D eigenvalue weighted by molar-refractivity contribution is 7.13. The second kappa shape index (κ2) is 8.26. The fourth-order valence-corrected chi connectivity index (χ4v) is 3.60. The standard InChI is InChI=1S/C18H23N3O2S/c1-2-23-15-7-5-14(6-8-15)18-21-16(12-24-18)17(22)20-11-13-4-3-9-19-10-13/h5-8,12-13,19H,2-4,9-11H2,1H3,(H,20,22). The second-order valence-electron chi connectivity index (χ2n) is 5.92. The number of nitrogens with zero attached hydrogens (tertiary/aromatic N) is 1. The molecular formula is C18H23N3O2S. The van der Waals surface area contributed by atoms with Gasteiger partial charge in [-0.2, -0.15) is 0 Å². The van der Waals surface area contributed by atoms with Crippen molar-refractivity contribution in [1.82, 2.24) is 15.6 Å². The van der Waals surface area contributed by atoms with Gasteiger partial charge in [0, 0.05) is 17.5 Å². The maximum atomic E-state index is 12.3. The van der Waals surface area contributed by atoms with Crippen LogP contribution in [0.2, 0.25) is 0 Å². The fourth-order valence-electron chi connectivity index (χ4n) is 2.80. The Balaban J connectivity index is 1.58. The first-order chi connectivity index (χ1) is 11.8. The first kappa shape index (κ1) is 16.9. The first-order valence-electron chi connectivity index (χ1n) is 8.44. The Bertz CT molecular complexity index is 663. The van der Waals surface area contributed by atoms with Crippen LogP contribution >= 0.6 is 11.3 Å². The number of hydrogen-bond donors (Lipinski definition) is 2. The molecule has 0 aliphatic carbocycles. The highest BCUT2D eigenvalue weighted by atomic mass is 32.1. The van der Waals surface area contributed by atoms with Gasteiger partial charge in [-0.1, -0.05) is 0 Å². The molecule has 0 spiro atoms. The van der Waals surface area contributed by atoms with Crippen molar-refractivity contribution in [1.29, 1.82) is 0 Å². The molecule has 5 nitrogen and oxygen atoms in total. The number of rotatable bonds is 6. The van der Waals surface area contributed by atoms with Crippen LogP contribution in [0.5, 0.6) is 5.75 Å². The third-order valence-corrected chi connectivity index (χ3v) is 4.99. The van der Waals surface area contributed by atoms with E-state index in [4.69, 9.17) is 4.74 Å². The minimum absolute atomic E-state index is 0.0889. The largest absolute Gasteiger partial charge is 0.494 e. The molecule has 1 aliphatic rings. The van der Waals surface area contributed by atoms with E-state index < -0.39 is 0 Å². The van der Waals surface area contributed by atoms with Crippen LogP contribution in [0.4, 0.5) is 0 Å². The maximum Gasteiger partial charge on any atom is 0.270 e. The van der Waals surface area contributed by atoms with Crippen LogP contribution in [0, 0.1) is 5.92 Å². The predicted molar refractivity (Wildman–Crippen MR) is 96.6 cm³/mol. The lowest BCUT2D eigenvalue weighted by Crippen LogP contribution is -2.38. The molecule has 6 heteroatoms. The van der Waals surface area contributed by atoms with Crippen LogP contribution in [0.25, 0.3) is 10.6 Å². The molecule has 1 unspecified atom stereocenters. The number of piperidine rings is 1. The molecule has 128 valence electrons.